The van der Waals surface area contributed by atoms with E-state index in [2.05, 4.69) is 0 Å². The van der Waals surface area contributed by atoms with E-state index in [4.69, 9.17) is 4.78 Å². The van der Waals surface area contributed by atoms with Gasteiger partial charge in [-0.1, -0.05) is 24.3 Å². The first-order valence-corrected chi connectivity index (χ1v) is 7.07. The zero-order valence-electron chi connectivity index (χ0n) is 9.38. The van der Waals surface area contributed by atoms with Crippen LogP contribution in [0.5, 0.6) is 5.75 Å². The van der Waals surface area contributed by atoms with Crippen LogP contribution < -0.4 is 0 Å². The highest BCUT2D eigenvalue weighted by Crippen LogP contribution is 2.23. The van der Waals surface area contributed by atoms with Crippen LogP contribution >= 0.6 is 0 Å². The zero-order valence-corrected chi connectivity index (χ0v) is 10.2. The first-order chi connectivity index (χ1) is 7.97. The molecule has 2 aromatic rings. The van der Waals surface area contributed by atoms with Crippen LogP contribution in [-0.2, 0) is 9.73 Å². The highest BCUT2D eigenvalue weighted by atomic mass is 32.2. The van der Waals surface area contributed by atoms with Crippen LogP contribution in [-0.4, -0.2) is 15.6 Å². The van der Waals surface area contributed by atoms with Gasteiger partial charge in [-0.25, -0.2) is 8.99 Å². The van der Waals surface area contributed by atoms with E-state index >= 15 is 0 Å². The normalized spacial score (nSPS) is 14.2. The summed E-state index contributed by atoms with van der Waals surface area (Å²) in [5.74, 6) is 0.230. The molecule has 0 aromatic heterocycles. The summed E-state index contributed by atoms with van der Waals surface area (Å²) in [6.45, 7) is 0. The minimum Gasteiger partial charge on any atom is -0.508 e. The summed E-state index contributed by atoms with van der Waals surface area (Å²) in [5, 5.41) is 9.19. The number of aromatic hydroxyl groups is 1. The highest BCUT2D eigenvalue weighted by molar-refractivity contribution is 7.91. The second kappa shape index (κ2) is 4.22. The quantitative estimate of drug-likeness (QED) is 0.856. The number of hydrogen-bond acceptors (Lipinski definition) is 3. The fourth-order valence-electron chi connectivity index (χ4n) is 1.56. The minimum absolute atomic E-state index is 0.230. The lowest BCUT2D eigenvalue weighted by Gasteiger charge is -2.04. The van der Waals surface area contributed by atoms with Crippen molar-refractivity contribution in [3.63, 3.8) is 0 Å². The van der Waals surface area contributed by atoms with Gasteiger partial charge in [0, 0.05) is 11.2 Å². The first-order valence-electron chi connectivity index (χ1n) is 5.10. The molecular weight excluding hydrogens is 234 g/mol. The van der Waals surface area contributed by atoms with Crippen molar-refractivity contribution >= 4 is 9.73 Å². The highest BCUT2D eigenvalue weighted by Gasteiger charge is 2.03. The van der Waals surface area contributed by atoms with E-state index in [9.17, 15) is 9.32 Å². The summed E-state index contributed by atoms with van der Waals surface area (Å²) in [6, 6.07) is 13.9. The Bertz CT molecular complexity index is 613. The van der Waals surface area contributed by atoms with E-state index < -0.39 is 9.73 Å². The Morgan fingerprint density at radius 3 is 1.76 bits per heavy atom. The van der Waals surface area contributed by atoms with Crippen molar-refractivity contribution in [3.8, 4) is 16.9 Å². The number of rotatable bonds is 2. The van der Waals surface area contributed by atoms with Crippen molar-refractivity contribution in [1.29, 1.82) is 4.78 Å². The van der Waals surface area contributed by atoms with Crippen LogP contribution in [0, 0.1) is 4.78 Å². The van der Waals surface area contributed by atoms with E-state index in [0.717, 1.165) is 11.1 Å². The van der Waals surface area contributed by atoms with Crippen molar-refractivity contribution in [3.05, 3.63) is 48.5 Å². The molecule has 0 heterocycles. The van der Waals surface area contributed by atoms with E-state index in [1.807, 2.05) is 24.3 Å². The molecule has 2 aromatic carbocycles. The van der Waals surface area contributed by atoms with Gasteiger partial charge in [0.2, 0.25) is 0 Å². The molecule has 0 spiro atoms. The van der Waals surface area contributed by atoms with Crippen LogP contribution in [0.2, 0.25) is 0 Å². The predicted octanol–water partition coefficient (Wildman–Crippen LogP) is 3.09. The Morgan fingerprint density at radius 2 is 1.35 bits per heavy atom. The van der Waals surface area contributed by atoms with Gasteiger partial charge in [0.25, 0.3) is 0 Å². The number of phenols is 1. The molecule has 0 saturated heterocycles. The molecule has 0 aliphatic heterocycles. The third kappa shape index (κ3) is 2.65. The average molecular weight is 247 g/mol. The van der Waals surface area contributed by atoms with Gasteiger partial charge in [-0.2, -0.15) is 0 Å². The van der Waals surface area contributed by atoms with Gasteiger partial charge >= 0.3 is 0 Å². The van der Waals surface area contributed by atoms with Crippen LogP contribution in [0.4, 0.5) is 0 Å². The van der Waals surface area contributed by atoms with Gasteiger partial charge in [-0.15, -0.1) is 0 Å². The summed E-state index contributed by atoms with van der Waals surface area (Å²) >= 11 is 0. The van der Waals surface area contributed by atoms with Gasteiger partial charge in [0.15, 0.2) is 0 Å². The van der Waals surface area contributed by atoms with E-state index in [-0.39, 0.29) is 5.75 Å². The van der Waals surface area contributed by atoms with E-state index in [1.165, 1.54) is 6.26 Å². The second-order valence-electron chi connectivity index (χ2n) is 3.91. The van der Waals surface area contributed by atoms with Crippen LogP contribution in [0.25, 0.3) is 11.1 Å². The summed E-state index contributed by atoms with van der Waals surface area (Å²) in [5.41, 5.74) is 1.94. The molecule has 88 valence electrons. The van der Waals surface area contributed by atoms with E-state index in [0.29, 0.717) is 4.90 Å². The van der Waals surface area contributed by atoms with Crippen molar-refractivity contribution in [2.75, 3.05) is 6.26 Å². The third-order valence-corrected chi connectivity index (χ3v) is 3.68. The van der Waals surface area contributed by atoms with Crippen molar-refractivity contribution in [1.82, 2.24) is 0 Å². The van der Waals surface area contributed by atoms with Crippen molar-refractivity contribution in [2.45, 2.75) is 4.90 Å². The Labute approximate surface area is 101 Å². The standard InChI is InChI=1S/C13H13NO2S/c1-17(14,16)13-8-4-11(5-9-13)10-2-6-12(15)7-3-10/h2-9,14-15H,1H3. The molecule has 2 N–H and O–H groups in total. The first kappa shape index (κ1) is 11.7. The molecule has 1 atom stereocenters. The number of benzene rings is 2. The molecule has 0 saturated carbocycles. The average Bonchev–Trinajstić information content (AvgIpc) is 2.29. The largest absolute Gasteiger partial charge is 0.508 e. The van der Waals surface area contributed by atoms with Crippen molar-refractivity contribution < 1.29 is 9.32 Å². The molecule has 0 aliphatic carbocycles. The summed E-state index contributed by atoms with van der Waals surface area (Å²) in [6.07, 6.45) is 1.41. The molecule has 0 aliphatic rings. The second-order valence-corrected chi connectivity index (χ2v) is 6.07. The van der Waals surface area contributed by atoms with Crippen LogP contribution in [0.3, 0.4) is 0 Å². The fraction of sp³-hybridized carbons (Fsp3) is 0.0769. The maximum absolute atomic E-state index is 11.5. The molecule has 17 heavy (non-hydrogen) atoms. The van der Waals surface area contributed by atoms with Crippen LogP contribution in [0.1, 0.15) is 0 Å². The Balaban J connectivity index is 2.39. The minimum atomic E-state index is -2.65. The Kier molecular flexibility index (Phi) is 2.90. The monoisotopic (exact) mass is 247 g/mol. The lowest BCUT2D eigenvalue weighted by atomic mass is 10.1. The Hall–Kier alpha value is -1.81. The van der Waals surface area contributed by atoms with Gasteiger partial charge in [0.05, 0.1) is 9.73 Å². The number of nitrogens with one attached hydrogen (secondary N) is 1. The molecule has 4 heteroatoms. The van der Waals surface area contributed by atoms with E-state index in [1.54, 1.807) is 24.3 Å². The number of hydrogen-bond donors (Lipinski definition) is 2. The maximum atomic E-state index is 11.5. The van der Waals surface area contributed by atoms with Gasteiger partial charge < -0.3 is 5.11 Å². The zero-order chi connectivity index (χ0) is 12.5. The van der Waals surface area contributed by atoms with Gasteiger partial charge in [0.1, 0.15) is 5.75 Å². The topological polar surface area (TPSA) is 61.2 Å². The molecule has 3 nitrogen and oxygen atoms in total. The fourth-order valence-corrected chi connectivity index (χ4v) is 2.22. The SMILES string of the molecule is CS(=N)(=O)c1ccc(-c2ccc(O)cc2)cc1. The van der Waals surface area contributed by atoms with Gasteiger partial charge in [-0.05, 0) is 35.4 Å². The smallest absolute Gasteiger partial charge is 0.115 e. The maximum Gasteiger partial charge on any atom is 0.115 e. The summed E-state index contributed by atoms with van der Waals surface area (Å²) in [4.78, 5) is 0.528. The number of phenolic OH excluding ortho intramolecular Hbond substituents is 1. The third-order valence-electron chi connectivity index (χ3n) is 2.50. The summed E-state index contributed by atoms with van der Waals surface area (Å²) < 4.78 is 19.0. The molecule has 0 fully saturated rings. The predicted molar refractivity (Wildman–Crippen MR) is 68.6 cm³/mol. The molecule has 0 bridgehead atoms. The van der Waals surface area contributed by atoms with Gasteiger partial charge in [-0.3, -0.25) is 0 Å². The lowest BCUT2D eigenvalue weighted by molar-refractivity contribution is 0.475. The molecule has 1 unspecified atom stereocenters. The Morgan fingerprint density at radius 1 is 0.941 bits per heavy atom. The molecule has 0 amide bonds. The lowest BCUT2D eigenvalue weighted by Crippen LogP contribution is -1.93. The molecular formula is C13H13NO2S. The van der Waals surface area contributed by atoms with Crippen molar-refractivity contribution in [2.24, 2.45) is 0 Å². The molecule has 2 rings (SSSR count). The molecule has 0 radical (unpaired) electrons. The van der Waals surface area contributed by atoms with Crippen LogP contribution in [0.15, 0.2) is 53.4 Å². The summed E-state index contributed by atoms with van der Waals surface area (Å²) in [7, 11) is -2.65.